The van der Waals surface area contributed by atoms with E-state index in [-0.39, 0.29) is 0 Å². The predicted octanol–water partition coefficient (Wildman–Crippen LogP) is 15.3. The van der Waals surface area contributed by atoms with Crippen LogP contribution in [0.1, 0.15) is 17.7 Å². The van der Waals surface area contributed by atoms with Crippen molar-refractivity contribution >= 4 is 62.9 Å². The average Bonchev–Trinajstić information content (AvgIpc) is 3.63. The zero-order valence-electron chi connectivity index (χ0n) is 31.9. The maximum Gasteiger partial charge on any atom is 0.0602 e. The molecule has 58 heavy (non-hydrogen) atoms. The Bertz CT molecular complexity index is 2910. The summed E-state index contributed by atoms with van der Waals surface area (Å²) >= 11 is 1.86. The number of benzene rings is 8. The summed E-state index contributed by atoms with van der Waals surface area (Å²) in [6.45, 7) is 0. The molecule has 1 aliphatic heterocycles. The molecule has 0 radical (unpaired) electrons. The first-order valence-electron chi connectivity index (χ1n) is 20.0. The molecule has 0 atom stereocenters. The van der Waals surface area contributed by atoms with Gasteiger partial charge in [-0.25, -0.2) is 0 Å². The van der Waals surface area contributed by atoms with Gasteiger partial charge in [0.2, 0.25) is 0 Å². The molecule has 0 unspecified atom stereocenters. The minimum absolute atomic E-state index is 1.03. The summed E-state index contributed by atoms with van der Waals surface area (Å²) in [5, 5.41) is 1.33. The highest BCUT2D eigenvalue weighted by Crippen LogP contribution is 2.52. The number of aryl methyl sites for hydroxylation is 1. The van der Waals surface area contributed by atoms with Crippen molar-refractivity contribution in [2.45, 2.75) is 22.6 Å². The smallest absolute Gasteiger partial charge is 0.0602 e. The maximum atomic E-state index is 2.45. The van der Waals surface area contributed by atoms with Crippen molar-refractivity contribution in [1.82, 2.24) is 4.57 Å². The molecule has 9 aromatic rings. The van der Waals surface area contributed by atoms with Crippen LogP contribution in [-0.4, -0.2) is 4.57 Å². The summed E-state index contributed by atoms with van der Waals surface area (Å²) in [5.74, 6) is 0. The van der Waals surface area contributed by atoms with Gasteiger partial charge in [-0.1, -0.05) is 121 Å². The zero-order valence-corrected chi connectivity index (χ0v) is 32.7. The molecule has 3 nitrogen and oxygen atoms in total. The van der Waals surface area contributed by atoms with Crippen LogP contribution < -0.4 is 9.80 Å². The number of fused-ring (bicyclic) bond motifs is 5. The van der Waals surface area contributed by atoms with Crippen molar-refractivity contribution in [3.8, 4) is 27.9 Å². The van der Waals surface area contributed by atoms with Crippen LogP contribution in [0.2, 0.25) is 0 Å². The summed E-state index contributed by atoms with van der Waals surface area (Å²) in [6, 6.07) is 72.6. The zero-order chi connectivity index (χ0) is 38.4. The van der Waals surface area contributed by atoms with Crippen LogP contribution >= 0.6 is 11.8 Å². The van der Waals surface area contributed by atoms with Crippen molar-refractivity contribution < 1.29 is 0 Å². The second-order valence-corrected chi connectivity index (χ2v) is 16.0. The summed E-state index contributed by atoms with van der Waals surface area (Å²) in [7, 11) is 0. The molecule has 1 aliphatic carbocycles. The molecule has 11 rings (SSSR count). The third-order valence-corrected chi connectivity index (χ3v) is 12.5. The van der Waals surface area contributed by atoms with E-state index in [1.165, 1.54) is 65.6 Å². The molecule has 1 aromatic heterocycles. The van der Waals surface area contributed by atoms with Crippen LogP contribution in [0.25, 0.3) is 44.9 Å². The molecule has 276 valence electrons. The van der Waals surface area contributed by atoms with Gasteiger partial charge in [0.25, 0.3) is 0 Å². The largest absolute Gasteiger partial charge is 0.311 e. The highest BCUT2D eigenvalue weighted by atomic mass is 32.2. The molecule has 0 saturated heterocycles. The van der Waals surface area contributed by atoms with E-state index in [2.05, 4.69) is 227 Å². The van der Waals surface area contributed by atoms with Crippen molar-refractivity contribution in [2.75, 3.05) is 9.80 Å². The lowest BCUT2D eigenvalue weighted by Crippen LogP contribution is -2.14. The van der Waals surface area contributed by atoms with Gasteiger partial charge in [-0.05, 0) is 144 Å². The summed E-state index contributed by atoms with van der Waals surface area (Å²) in [4.78, 5) is 7.24. The Kier molecular flexibility index (Phi) is 8.56. The molecule has 2 aliphatic rings. The molecule has 0 amide bonds. The van der Waals surface area contributed by atoms with Crippen molar-refractivity contribution in [3.63, 3.8) is 0 Å². The topological polar surface area (TPSA) is 11.4 Å². The summed E-state index contributed by atoms with van der Waals surface area (Å²) in [6.07, 6.45) is 6.72. The standard InChI is InChI=1S/C54H39N3S/c1-4-14-38(15-5-1)39-24-28-45(29-25-39)57-51-22-12-13-23-53(51)58-54-37-41(27-35-52(54)57)40-26-34-50-48(36-40)47-20-10-11-21-49(47)56(50)46-32-30-44(31-33-46)55(42-16-6-2-7-17-42)43-18-8-3-9-19-43/h1-9,11-19,21-37H,10,20H2. The maximum absolute atomic E-state index is 2.45. The Morgan fingerprint density at radius 2 is 1.02 bits per heavy atom. The van der Waals surface area contributed by atoms with Crippen LogP contribution in [0, 0.1) is 0 Å². The molecule has 2 heterocycles. The van der Waals surface area contributed by atoms with Gasteiger partial charge in [0.1, 0.15) is 0 Å². The van der Waals surface area contributed by atoms with E-state index < -0.39 is 0 Å². The summed E-state index contributed by atoms with van der Waals surface area (Å²) in [5.41, 5.74) is 17.0. The van der Waals surface area contributed by atoms with E-state index in [1.54, 1.807) is 0 Å². The first-order valence-corrected chi connectivity index (χ1v) is 20.8. The van der Waals surface area contributed by atoms with Crippen LogP contribution in [0.15, 0.2) is 216 Å². The Labute approximate surface area is 343 Å². The van der Waals surface area contributed by atoms with E-state index in [4.69, 9.17) is 0 Å². The summed E-state index contributed by atoms with van der Waals surface area (Å²) < 4.78 is 2.45. The van der Waals surface area contributed by atoms with E-state index in [0.717, 1.165) is 41.3 Å². The minimum Gasteiger partial charge on any atom is -0.311 e. The normalized spacial score (nSPS) is 12.9. The predicted molar refractivity (Wildman–Crippen MR) is 245 cm³/mol. The van der Waals surface area contributed by atoms with Crippen molar-refractivity contribution in [1.29, 1.82) is 0 Å². The first-order chi connectivity index (χ1) is 28.8. The second kappa shape index (κ2) is 14.5. The number of aromatic nitrogens is 1. The number of hydrogen-bond acceptors (Lipinski definition) is 3. The highest BCUT2D eigenvalue weighted by Gasteiger charge is 2.26. The molecular weight excluding hydrogens is 723 g/mol. The molecule has 0 fully saturated rings. The lowest BCUT2D eigenvalue weighted by molar-refractivity contribution is 0.967. The van der Waals surface area contributed by atoms with Gasteiger partial charge in [-0.3, -0.25) is 0 Å². The van der Waals surface area contributed by atoms with E-state index in [0.29, 0.717) is 0 Å². The van der Waals surface area contributed by atoms with Gasteiger partial charge >= 0.3 is 0 Å². The SMILES string of the molecule is C1=Cc2c(c3cc(-c4ccc5c(c4)Sc4ccccc4N5c4ccc(-c5ccccc5)cc4)ccc3n2-c2ccc(N(c3ccccc3)c3ccccc3)cc2)CC1. The lowest BCUT2D eigenvalue weighted by Gasteiger charge is -2.33. The van der Waals surface area contributed by atoms with Crippen LogP contribution in [0.3, 0.4) is 0 Å². The monoisotopic (exact) mass is 761 g/mol. The Hall–Kier alpha value is -7.01. The van der Waals surface area contributed by atoms with Crippen LogP contribution in [0.5, 0.6) is 0 Å². The van der Waals surface area contributed by atoms with Gasteiger partial charge in [-0.2, -0.15) is 0 Å². The quantitative estimate of drug-likeness (QED) is 0.160. The number of nitrogens with zero attached hydrogens (tertiary/aromatic N) is 3. The fraction of sp³-hybridized carbons (Fsp3) is 0.0370. The van der Waals surface area contributed by atoms with Gasteiger partial charge in [0.15, 0.2) is 0 Å². The molecule has 0 bridgehead atoms. The van der Waals surface area contributed by atoms with Crippen LogP contribution in [0.4, 0.5) is 34.1 Å². The molecule has 0 saturated carbocycles. The third kappa shape index (κ3) is 6.01. The Morgan fingerprint density at radius 1 is 0.448 bits per heavy atom. The highest BCUT2D eigenvalue weighted by molar-refractivity contribution is 7.99. The lowest BCUT2D eigenvalue weighted by atomic mass is 9.97. The molecular formula is C54H39N3S. The van der Waals surface area contributed by atoms with E-state index in [9.17, 15) is 0 Å². The van der Waals surface area contributed by atoms with Crippen LogP contribution in [-0.2, 0) is 6.42 Å². The fourth-order valence-electron chi connectivity index (χ4n) is 8.69. The fourth-order valence-corrected chi connectivity index (χ4v) is 9.79. The molecule has 0 N–H and O–H groups in total. The van der Waals surface area contributed by atoms with E-state index in [1.807, 2.05) is 11.8 Å². The number of rotatable bonds is 7. The number of para-hydroxylation sites is 3. The van der Waals surface area contributed by atoms with Gasteiger partial charge in [-0.15, -0.1) is 0 Å². The molecule has 8 aromatic carbocycles. The number of anilines is 6. The first kappa shape index (κ1) is 34.3. The third-order valence-electron chi connectivity index (χ3n) is 11.4. The van der Waals surface area contributed by atoms with Crippen molar-refractivity contribution in [2.24, 2.45) is 0 Å². The second-order valence-electron chi connectivity index (χ2n) is 14.9. The number of hydrogen-bond donors (Lipinski definition) is 0. The van der Waals surface area contributed by atoms with Gasteiger partial charge < -0.3 is 14.4 Å². The number of allylic oxidation sites excluding steroid dienone is 1. The van der Waals surface area contributed by atoms with Gasteiger partial charge in [0, 0.05) is 49.3 Å². The Balaban J connectivity index is 0.959. The average molecular weight is 762 g/mol. The van der Waals surface area contributed by atoms with Crippen molar-refractivity contribution in [3.05, 3.63) is 218 Å². The van der Waals surface area contributed by atoms with E-state index >= 15 is 0 Å². The van der Waals surface area contributed by atoms with Gasteiger partial charge in [0.05, 0.1) is 16.9 Å². The molecule has 0 spiro atoms. The minimum atomic E-state index is 1.03. The molecule has 4 heteroatoms. The Morgan fingerprint density at radius 3 is 1.76 bits per heavy atom.